The van der Waals surface area contributed by atoms with Gasteiger partial charge in [0, 0.05) is 16.9 Å². The summed E-state index contributed by atoms with van der Waals surface area (Å²) in [5.41, 5.74) is 5.56. The summed E-state index contributed by atoms with van der Waals surface area (Å²) in [6.07, 6.45) is 3.61. The first-order valence-electron chi connectivity index (χ1n) is 12.1. The van der Waals surface area contributed by atoms with E-state index in [0.717, 1.165) is 38.4 Å². The van der Waals surface area contributed by atoms with Crippen LogP contribution < -0.4 is 0 Å². The molecule has 0 bridgehead atoms. The lowest BCUT2D eigenvalue weighted by Crippen LogP contribution is -1.94. The molecule has 0 amide bonds. The van der Waals surface area contributed by atoms with Gasteiger partial charge in [0.05, 0.1) is 22.8 Å². The van der Waals surface area contributed by atoms with Crippen molar-refractivity contribution in [2.75, 3.05) is 0 Å². The summed E-state index contributed by atoms with van der Waals surface area (Å²) in [7, 11) is 0. The number of hydrogen-bond donors (Lipinski definition) is 0. The fourth-order valence-electron chi connectivity index (χ4n) is 5.12. The van der Waals surface area contributed by atoms with Crippen molar-refractivity contribution >= 4 is 48.2 Å². The molecule has 174 valence electrons. The van der Waals surface area contributed by atoms with E-state index in [-0.39, 0.29) is 0 Å². The van der Waals surface area contributed by atoms with Gasteiger partial charge in [-0.1, -0.05) is 76.6 Å². The van der Waals surface area contributed by atoms with E-state index in [2.05, 4.69) is 98.7 Å². The molecule has 3 heterocycles. The molecular weight excluding hydrogens is 518 g/mol. The first kappa shape index (κ1) is 21.8. The number of halogens is 1. The molecule has 0 saturated carbocycles. The van der Waals surface area contributed by atoms with Crippen LogP contribution in [0.25, 0.3) is 66.2 Å². The second kappa shape index (κ2) is 8.91. The highest BCUT2D eigenvalue weighted by Gasteiger charge is 2.15. The lowest BCUT2D eigenvalue weighted by molar-refractivity contribution is 1.22. The molecule has 3 nitrogen and oxygen atoms in total. The summed E-state index contributed by atoms with van der Waals surface area (Å²) < 4.78 is 1.10. The molecule has 7 aromatic rings. The van der Waals surface area contributed by atoms with Gasteiger partial charge in [-0.05, 0) is 92.0 Å². The maximum absolute atomic E-state index is 4.97. The van der Waals surface area contributed by atoms with Crippen LogP contribution in [-0.4, -0.2) is 15.0 Å². The molecule has 0 aliphatic carbocycles. The van der Waals surface area contributed by atoms with Gasteiger partial charge in [0.15, 0.2) is 0 Å². The average molecular weight is 538 g/mol. The third-order valence-electron chi connectivity index (χ3n) is 6.82. The Bertz CT molecular complexity index is 1880. The molecule has 0 saturated heterocycles. The van der Waals surface area contributed by atoms with Crippen molar-refractivity contribution in [2.24, 2.45) is 0 Å². The monoisotopic (exact) mass is 537 g/mol. The number of aromatic nitrogens is 3. The Hall–Kier alpha value is -4.41. The lowest BCUT2D eigenvalue weighted by atomic mass is 9.90. The summed E-state index contributed by atoms with van der Waals surface area (Å²) in [6, 6.07) is 37.9. The van der Waals surface area contributed by atoms with Gasteiger partial charge in [0.1, 0.15) is 0 Å². The van der Waals surface area contributed by atoms with Gasteiger partial charge in [0.25, 0.3) is 0 Å². The van der Waals surface area contributed by atoms with Crippen LogP contribution in [0.2, 0.25) is 0 Å². The van der Waals surface area contributed by atoms with E-state index in [1.807, 2.05) is 36.4 Å². The highest BCUT2D eigenvalue weighted by atomic mass is 79.9. The zero-order chi connectivity index (χ0) is 24.8. The Kier molecular flexibility index (Phi) is 5.26. The van der Waals surface area contributed by atoms with Crippen LogP contribution in [0.5, 0.6) is 0 Å². The molecule has 0 fully saturated rings. The van der Waals surface area contributed by atoms with E-state index in [4.69, 9.17) is 4.98 Å². The molecule has 0 aliphatic rings. The molecule has 7 rings (SSSR count). The Morgan fingerprint density at radius 1 is 0.432 bits per heavy atom. The Labute approximate surface area is 222 Å². The Morgan fingerprint density at radius 2 is 0.946 bits per heavy atom. The summed E-state index contributed by atoms with van der Waals surface area (Å²) >= 11 is 3.82. The molecule has 4 aromatic carbocycles. The first-order valence-corrected chi connectivity index (χ1v) is 12.9. The normalized spacial score (nSPS) is 11.4. The van der Waals surface area contributed by atoms with E-state index < -0.39 is 0 Å². The van der Waals surface area contributed by atoms with Crippen molar-refractivity contribution in [3.63, 3.8) is 0 Å². The SMILES string of the molecule is Brc1cc2c3ccccc3c(-c3cc(-c4ccccn4)nc(-c4ccccn4)c3)cc2c2ccccc12. The maximum atomic E-state index is 4.97. The second-order valence-corrected chi connectivity index (χ2v) is 9.88. The van der Waals surface area contributed by atoms with Crippen molar-refractivity contribution in [3.05, 3.63) is 126 Å². The van der Waals surface area contributed by atoms with Crippen molar-refractivity contribution in [3.8, 4) is 33.9 Å². The van der Waals surface area contributed by atoms with E-state index in [1.54, 1.807) is 12.4 Å². The molecule has 0 spiro atoms. The number of nitrogens with zero attached hydrogens (tertiary/aromatic N) is 3. The van der Waals surface area contributed by atoms with Crippen LogP contribution >= 0.6 is 15.9 Å². The molecule has 3 aromatic heterocycles. The summed E-state index contributed by atoms with van der Waals surface area (Å²) in [4.78, 5) is 14.2. The largest absolute Gasteiger partial charge is 0.255 e. The molecule has 0 unspecified atom stereocenters. The van der Waals surface area contributed by atoms with E-state index in [1.165, 1.54) is 32.3 Å². The van der Waals surface area contributed by atoms with E-state index >= 15 is 0 Å². The predicted octanol–water partition coefficient (Wildman–Crippen LogP) is 9.09. The third-order valence-corrected chi connectivity index (χ3v) is 7.48. The van der Waals surface area contributed by atoms with Crippen LogP contribution in [0.4, 0.5) is 0 Å². The number of fused-ring (bicyclic) bond motifs is 5. The minimum Gasteiger partial charge on any atom is -0.255 e. The molecule has 0 aliphatic heterocycles. The summed E-state index contributed by atoms with van der Waals surface area (Å²) in [6.45, 7) is 0. The first-order chi connectivity index (χ1) is 18.3. The van der Waals surface area contributed by atoms with Gasteiger partial charge in [-0.2, -0.15) is 0 Å². The number of rotatable bonds is 3. The minimum absolute atomic E-state index is 0.823. The van der Waals surface area contributed by atoms with Gasteiger partial charge in [-0.15, -0.1) is 0 Å². The van der Waals surface area contributed by atoms with Gasteiger partial charge < -0.3 is 0 Å². The smallest absolute Gasteiger partial charge is 0.0900 e. The van der Waals surface area contributed by atoms with Gasteiger partial charge in [0.2, 0.25) is 0 Å². The van der Waals surface area contributed by atoms with Crippen LogP contribution in [0.3, 0.4) is 0 Å². The van der Waals surface area contributed by atoms with Crippen molar-refractivity contribution < 1.29 is 0 Å². The number of benzene rings is 4. The fourth-order valence-corrected chi connectivity index (χ4v) is 5.70. The number of pyridine rings is 3. The van der Waals surface area contributed by atoms with Crippen LogP contribution in [0.1, 0.15) is 0 Å². The zero-order valence-corrected chi connectivity index (χ0v) is 21.4. The summed E-state index contributed by atoms with van der Waals surface area (Å²) in [5, 5.41) is 7.30. The highest BCUT2D eigenvalue weighted by molar-refractivity contribution is 9.10. The summed E-state index contributed by atoms with van der Waals surface area (Å²) in [5.74, 6) is 0. The molecule has 37 heavy (non-hydrogen) atoms. The quantitative estimate of drug-likeness (QED) is 0.211. The van der Waals surface area contributed by atoms with Crippen molar-refractivity contribution in [1.29, 1.82) is 0 Å². The molecule has 0 radical (unpaired) electrons. The topological polar surface area (TPSA) is 38.7 Å². The lowest BCUT2D eigenvalue weighted by Gasteiger charge is -2.15. The highest BCUT2D eigenvalue weighted by Crippen LogP contribution is 2.41. The van der Waals surface area contributed by atoms with E-state index in [9.17, 15) is 0 Å². The van der Waals surface area contributed by atoms with Gasteiger partial charge in [-0.25, -0.2) is 4.98 Å². The Morgan fingerprint density at radius 3 is 1.54 bits per heavy atom. The molecular formula is C33H20BrN3. The molecule has 0 N–H and O–H groups in total. The van der Waals surface area contributed by atoms with Crippen molar-refractivity contribution in [2.45, 2.75) is 0 Å². The van der Waals surface area contributed by atoms with Crippen LogP contribution in [-0.2, 0) is 0 Å². The standard InChI is InChI=1S/C33H20BrN3/c34-29-20-28-23-10-2-1-9-22(23)26(19-27(28)24-11-3-4-12-25(24)29)21-17-32(30-13-5-7-15-35-30)37-33(18-21)31-14-6-8-16-36-31/h1-20H. The van der Waals surface area contributed by atoms with Gasteiger partial charge >= 0.3 is 0 Å². The predicted molar refractivity (Wildman–Crippen MR) is 156 cm³/mol. The van der Waals surface area contributed by atoms with Crippen molar-refractivity contribution in [1.82, 2.24) is 15.0 Å². The fraction of sp³-hybridized carbons (Fsp3) is 0. The third kappa shape index (κ3) is 3.78. The second-order valence-electron chi connectivity index (χ2n) is 9.03. The average Bonchev–Trinajstić information content (AvgIpc) is 2.98. The number of hydrogen-bond acceptors (Lipinski definition) is 3. The molecule has 0 atom stereocenters. The molecule has 4 heteroatoms. The Balaban J connectivity index is 1.59. The minimum atomic E-state index is 0.823. The maximum Gasteiger partial charge on any atom is 0.0900 e. The van der Waals surface area contributed by atoms with Crippen LogP contribution in [0, 0.1) is 0 Å². The van der Waals surface area contributed by atoms with E-state index in [0.29, 0.717) is 0 Å². The zero-order valence-electron chi connectivity index (χ0n) is 19.8. The van der Waals surface area contributed by atoms with Crippen LogP contribution in [0.15, 0.2) is 126 Å². The van der Waals surface area contributed by atoms with Gasteiger partial charge in [-0.3, -0.25) is 9.97 Å².